The molecule has 0 bridgehead atoms. The SMILES string of the molecule is N=C(/C=C/C/C=C/c1cccnc1)c1ccc(-c2cccc3ccccc23)cc1. The monoisotopic (exact) mass is 374 g/mol. The van der Waals surface area contributed by atoms with E-state index in [9.17, 15) is 0 Å². The van der Waals surface area contributed by atoms with Gasteiger partial charge in [0.15, 0.2) is 0 Å². The van der Waals surface area contributed by atoms with E-state index >= 15 is 0 Å². The second-order valence-corrected chi connectivity index (χ2v) is 6.84. The lowest BCUT2D eigenvalue weighted by atomic mass is 9.97. The maximum Gasteiger partial charge on any atom is 0.0609 e. The number of benzene rings is 3. The predicted octanol–water partition coefficient (Wildman–Crippen LogP) is 6.93. The van der Waals surface area contributed by atoms with Gasteiger partial charge in [0.1, 0.15) is 0 Å². The van der Waals surface area contributed by atoms with E-state index in [0.717, 1.165) is 17.5 Å². The van der Waals surface area contributed by atoms with Gasteiger partial charge in [-0.3, -0.25) is 4.98 Å². The molecule has 0 amide bonds. The standard InChI is InChI=1S/C27H22N2/c28-27(14-3-1-2-8-21-9-7-19-29-20-21)24-17-15-23(16-18-24)26-13-6-11-22-10-4-5-12-25(22)26/h2-20,28H,1H2/b8-2+,14-3+,28-27?. The van der Waals surface area contributed by atoms with Crippen molar-refractivity contribution < 1.29 is 0 Å². The Morgan fingerprint density at radius 2 is 1.66 bits per heavy atom. The number of aromatic nitrogens is 1. The Labute approximate surface area is 171 Å². The van der Waals surface area contributed by atoms with E-state index in [1.54, 1.807) is 6.20 Å². The molecule has 0 unspecified atom stereocenters. The third kappa shape index (κ3) is 4.56. The molecule has 140 valence electrons. The maximum absolute atomic E-state index is 8.31. The first-order valence-corrected chi connectivity index (χ1v) is 9.71. The van der Waals surface area contributed by atoms with E-state index in [4.69, 9.17) is 5.41 Å². The Hall–Kier alpha value is -3.78. The van der Waals surface area contributed by atoms with Crippen LogP contribution in [0.4, 0.5) is 0 Å². The fourth-order valence-electron chi connectivity index (χ4n) is 3.35. The molecule has 4 aromatic rings. The Morgan fingerprint density at radius 3 is 2.48 bits per heavy atom. The summed E-state index contributed by atoms with van der Waals surface area (Å²) < 4.78 is 0. The topological polar surface area (TPSA) is 36.7 Å². The third-order valence-corrected chi connectivity index (χ3v) is 4.85. The second-order valence-electron chi connectivity index (χ2n) is 6.84. The maximum atomic E-state index is 8.31. The highest BCUT2D eigenvalue weighted by Crippen LogP contribution is 2.28. The Kier molecular flexibility index (Phi) is 5.73. The lowest BCUT2D eigenvalue weighted by Gasteiger charge is -2.08. The van der Waals surface area contributed by atoms with Crippen molar-refractivity contribution in [3.8, 4) is 11.1 Å². The van der Waals surface area contributed by atoms with Gasteiger partial charge >= 0.3 is 0 Å². The molecule has 0 fully saturated rings. The number of rotatable bonds is 6. The largest absolute Gasteiger partial charge is 0.300 e. The van der Waals surface area contributed by atoms with Crippen molar-refractivity contribution in [1.29, 1.82) is 5.41 Å². The molecule has 1 N–H and O–H groups in total. The van der Waals surface area contributed by atoms with E-state index in [-0.39, 0.29) is 0 Å². The van der Waals surface area contributed by atoms with Crippen LogP contribution in [0.2, 0.25) is 0 Å². The Balaban J connectivity index is 1.43. The molecular formula is C27H22N2. The summed E-state index contributed by atoms with van der Waals surface area (Å²) in [6, 6.07) is 27.0. The summed E-state index contributed by atoms with van der Waals surface area (Å²) in [6.45, 7) is 0. The molecule has 1 heterocycles. The number of allylic oxidation sites excluding steroid dienone is 3. The first-order chi connectivity index (χ1) is 14.3. The van der Waals surface area contributed by atoms with Gasteiger partial charge in [0.25, 0.3) is 0 Å². The summed E-state index contributed by atoms with van der Waals surface area (Å²) in [7, 11) is 0. The summed E-state index contributed by atoms with van der Waals surface area (Å²) in [5.41, 5.74) is 4.91. The summed E-state index contributed by atoms with van der Waals surface area (Å²) in [5.74, 6) is 0. The van der Waals surface area contributed by atoms with Gasteiger partial charge in [-0.25, -0.2) is 0 Å². The van der Waals surface area contributed by atoms with Crippen molar-refractivity contribution in [1.82, 2.24) is 4.98 Å². The lowest BCUT2D eigenvalue weighted by molar-refractivity contribution is 1.31. The van der Waals surface area contributed by atoms with Crippen LogP contribution in [0.3, 0.4) is 0 Å². The number of pyridine rings is 1. The van der Waals surface area contributed by atoms with Gasteiger partial charge in [-0.05, 0) is 51.6 Å². The zero-order valence-electron chi connectivity index (χ0n) is 16.1. The first kappa shape index (κ1) is 18.6. The van der Waals surface area contributed by atoms with Gasteiger partial charge in [0.05, 0.1) is 5.71 Å². The van der Waals surface area contributed by atoms with Crippen LogP contribution in [0.5, 0.6) is 0 Å². The molecule has 2 nitrogen and oxygen atoms in total. The van der Waals surface area contributed by atoms with Crippen LogP contribution < -0.4 is 0 Å². The predicted molar refractivity (Wildman–Crippen MR) is 123 cm³/mol. The van der Waals surface area contributed by atoms with Crippen molar-refractivity contribution >= 4 is 22.6 Å². The number of hydrogen-bond acceptors (Lipinski definition) is 2. The van der Waals surface area contributed by atoms with Crippen LogP contribution in [0.1, 0.15) is 17.5 Å². The smallest absolute Gasteiger partial charge is 0.0609 e. The van der Waals surface area contributed by atoms with Crippen molar-refractivity contribution in [3.63, 3.8) is 0 Å². The summed E-state index contributed by atoms with van der Waals surface area (Å²) in [5, 5.41) is 10.8. The van der Waals surface area contributed by atoms with Crippen LogP contribution in [0.15, 0.2) is 109 Å². The van der Waals surface area contributed by atoms with E-state index in [2.05, 4.69) is 65.7 Å². The molecule has 0 aliphatic rings. The molecule has 0 aliphatic heterocycles. The summed E-state index contributed by atoms with van der Waals surface area (Å²) in [4.78, 5) is 4.09. The number of nitrogens with zero attached hydrogens (tertiary/aromatic N) is 1. The highest BCUT2D eigenvalue weighted by Gasteiger charge is 2.04. The second kappa shape index (κ2) is 8.94. The van der Waals surface area contributed by atoms with Gasteiger partial charge in [0.2, 0.25) is 0 Å². The average Bonchev–Trinajstić information content (AvgIpc) is 2.79. The van der Waals surface area contributed by atoms with Crippen molar-refractivity contribution in [2.24, 2.45) is 0 Å². The molecule has 0 spiro atoms. The first-order valence-electron chi connectivity index (χ1n) is 9.71. The molecule has 2 heteroatoms. The summed E-state index contributed by atoms with van der Waals surface area (Å²) >= 11 is 0. The molecule has 0 saturated carbocycles. The van der Waals surface area contributed by atoms with Crippen LogP contribution in [-0.2, 0) is 0 Å². The fourth-order valence-corrected chi connectivity index (χ4v) is 3.35. The molecule has 1 aromatic heterocycles. The van der Waals surface area contributed by atoms with Crippen molar-refractivity contribution in [2.75, 3.05) is 0 Å². The molecule has 0 aliphatic carbocycles. The highest BCUT2D eigenvalue weighted by atomic mass is 14.6. The lowest BCUT2D eigenvalue weighted by Crippen LogP contribution is -1.94. The van der Waals surface area contributed by atoms with Crippen LogP contribution >= 0.6 is 0 Å². The molecular weight excluding hydrogens is 352 g/mol. The zero-order chi connectivity index (χ0) is 19.9. The van der Waals surface area contributed by atoms with Gasteiger partial charge in [0, 0.05) is 12.4 Å². The quantitative estimate of drug-likeness (QED) is 0.365. The molecule has 0 saturated heterocycles. The third-order valence-electron chi connectivity index (χ3n) is 4.85. The number of hydrogen-bond donors (Lipinski definition) is 1. The number of nitrogens with one attached hydrogen (secondary N) is 1. The van der Waals surface area contributed by atoms with Crippen LogP contribution in [0.25, 0.3) is 28.0 Å². The van der Waals surface area contributed by atoms with E-state index in [1.807, 2.05) is 48.7 Å². The molecule has 0 atom stereocenters. The molecule has 4 rings (SSSR count). The highest BCUT2D eigenvalue weighted by molar-refractivity contribution is 6.07. The van der Waals surface area contributed by atoms with Gasteiger partial charge in [-0.2, -0.15) is 0 Å². The van der Waals surface area contributed by atoms with Gasteiger partial charge < -0.3 is 5.41 Å². The Morgan fingerprint density at radius 1 is 0.828 bits per heavy atom. The van der Waals surface area contributed by atoms with Gasteiger partial charge in [-0.15, -0.1) is 0 Å². The average molecular weight is 374 g/mol. The molecule has 29 heavy (non-hydrogen) atoms. The van der Waals surface area contributed by atoms with E-state index < -0.39 is 0 Å². The van der Waals surface area contributed by atoms with Crippen LogP contribution in [0, 0.1) is 5.41 Å². The minimum atomic E-state index is 0.518. The number of fused-ring (bicyclic) bond motifs is 1. The minimum absolute atomic E-state index is 0.518. The zero-order valence-corrected chi connectivity index (χ0v) is 16.1. The fraction of sp³-hybridized carbons (Fsp3) is 0.0370. The van der Waals surface area contributed by atoms with Crippen LogP contribution in [-0.4, -0.2) is 10.7 Å². The molecule has 3 aromatic carbocycles. The minimum Gasteiger partial charge on any atom is -0.300 e. The van der Waals surface area contributed by atoms with E-state index in [0.29, 0.717) is 5.71 Å². The van der Waals surface area contributed by atoms with Crippen molar-refractivity contribution in [3.05, 3.63) is 121 Å². The molecule has 0 radical (unpaired) electrons. The summed E-state index contributed by atoms with van der Waals surface area (Å²) in [6.07, 6.45) is 12.4. The normalized spacial score (nSPS) is 11.4. The Bertz CT molecular complexity index is 1160. The van der Waals surface area contributed by atoms with Gasteiger partial charge in [-0.1, -0.05) is 91.0 Å². The van der Waals surface area contributed by atoms with Crippen molar-refractivity contribution in [2.45, 2.75) is 6.42 Å². The van der Waals surface area contributed by atoms with E-state index in [1.165, 1.54) is 21.9 Å².